The first-order chi connectivity index (χ1) is 6.04. The van der Waals surface area contributed by atoms with E-state index in [0.29, 0.717) is 5.56 Å². The highest BCUT2D eigenvalue weighted by Crippen LogP contribution is 2.20. The maximum absolute atomic E-state index is 13.1. The fraction of sp³-hybridized carbons (Fsp3) is 0.100. The third kappa shape index (κ3) is 1.75. The summed E-state index contributed by atoms with van der Waals surface area (Å²) in [6.45, 7) is 4.95. The topological polar surface area (TPSA) is 37.3 Å². The number of carboxylic acids is 1. The van der Waals surface area contributed by atoms with E-state index in [1.165, 1.54) is 12.1 Å². The highest BCUT2D eigenvalue weighted by Gasteiger charge is 2.13. The number of halogens is 1. The zero-order valence-electron chi connectivity index (χ0n) is 7.17. The molecule has 2 nitrogen and oxygen atoms in total. The molecule has 0 bridgehead atoms. The van der Waals surface area contributed by atoms with Crippen molar-refractivity contribution in [3.05, 3.63) is 41.7 Å². The minimum absolute atomic E-state index is 0.0787. The second kappa shape index (κ2) is 3.39. The van der Waals surface area contributed by atoms with Gasteiger partial charge in [0.2, 0.25) is 0 Å². The van der Waals surface area contributed by atoms with Crippen molar-refractivity contribution in [3.63, 3.8) is 0 Å². The van der Waals surface area contributed by atoms with Crippen LogP contribution in [0.4, 0.5) is 4.39 Å². The van der Waals surface area contributed by atoms with Gasteiger partial charge in [-0.1, -0.05) is 18.7 Å². The molecule has 1 aromatic carbocycles. The van der Waals surface area contributed by atoms with Crippen LogP contribution < -0.4 is 0 Å². The lowest BCUT2D eigenvalue weighted by molar-refractivity contribution is -0.130. The minimum atomic E-state index is -1.20. The van der Waals surface area contributed by atoms with Gasteiger partial charge in [0.05, 0.1) is 5.57 Å². The minimum Gasteiger partial charge on any atom is -0.478 e. The van der Waals surface area contributed by atoms with E-state index in [0.717, 1.165) is 0 Å². The molecular formula is C10H9FO2. The number of carbonyl (C=O) groups is 1. The van der Waals surface area contributed by atoms with Crippen LogP contribution in [0.25, 0.3) is 5.57 Å². The summed E-state index contributed by atoms with van der Waals surface area (Å²) in [4.78, 5) is 10.5. The van der Waals surface area contributed by atoms with E-state index >= 15 is 0 Å². The van der Waals surface area contributed by atoms with Gasteiger partial charge in [-0.2, -0.15) is 0 Å². The molecule has 0 aliphatic rings. The molecule has 0 aromatic heterocycles. The number of aliphatic carboxylic acids is 1. The molecule has 0 heterocycles. The van der Waals surface area contributed by atoms with Crippen molar-refractivity contribution < 1.29 is 14.3 Å². The Morgan fingerprint density at radius 1 is 1.54 bits per heavy atom. The number of hydrogen-bond acceptors (Lipinski definition) is 1. The maximum Gasteiger partial charge on any atom is 0.335 e. The molecular weight excluding hydrogens is 171 g/mol. The van der Waals surface area contributed by atoms with Gasteiger partial charge in [0.15, 0.2) is 0 Å². The summed E-state index contributed by atoms with van der Waals surface area (Å²) in [6, 6.07) is 4.40. The van der Waals surface area contributed by atoms with E-state index in [-0.39, 0.29) is 11.1 Å². The first-order valence-corrected chi connectivity index (χ1v) is 3.71. The van der Waals surface area contributed by atoms with Crippen LogP contribution in [0.1, 0.15) is 11.1 Å². The molecule has 1 N–H and O–H groups in total. The van der Waals surface area contributed by atoms with Crippen LogP contribution in [0, 0.1) is 12.7 Å². The van der Waals surface area contributed by atoms with Gasteiger partial charge in [-0.3, -0.25) is 0 Å². The summed E-state index contributed by atoms with van der Waals surface area (Å²) in [5.74, 6) is -1.75. The number of carboxylic acid groups (broad SMARTS) is 1. The number of hydrogen-bond donors (Lipinski definition) is 1. The van der Waals surface area contributed by atoms with E-state index < -0.39 is 11.8 Å². The summed E-state index contributed by atoms with van der Waals surface area (Å²) < 4.78 is 13.1. The standard InChI is InChI=1S/C10H9FO2/c1-6-4-3-5-8(11)9(6)7(2)10(12)13/h3-5H,2H2,1H3,(H,12,13). The maximum atomic E-state index is 13.1. The van der Waals surface area contributed by atoms with Gasteiger partial charge < -0.3 is 5.11 Å². The lowest BCUT2D eigenvalue weighted by Gasteiger charge is -2.05. The van der Waals surface area contributed by atoms with Crippen LogP contribution in [-0.4, -0.2) is 11.1 Å². The van der Waals surface area contributed by atoms with Gasteiger partial charge in [0.1, 0.15) is 5.82 Å². The third-order valence-electron chi connectivity index (χ3n) is 1.78. The fourth-order valence-corrected chi connectivity index (χ4v) is 1.12. The number of rotatable bonds is 2. The van der Waals surface area contributed by atoms with E-state index in [1.807, 2.05) is 0 Å². The lowest BCUT2D eigenvalue weighted by Crippen LogP contribution is -2.02. The SMILES string of the molecule is C=C(C(=O)O)c1c(C)cccc1F. The summed E-state index contributed by atoms with van der Waals surface area (Å²) in [5, 5.41) is 8.62. The molecule has 1 rings (SSSR count). The molecule has 0 saturated carbocycles. The Morgan fingerprint density at radius 2 is 2.15 bits per heavy atom. The monoisotopic (exact) mass is 180 g/mol. The van der Waals surface area contributed by atoms with Crippen molar-refractivity contribution in [3.8, 4) is 0 Å². The molecule has 0 fully saturated rings. The quantitative estimate of drug-likeness (QED) is 0.708. The number of aryl methyl sites for hydroxylation is 1. The van der Waals surface area contributed by atoms with E-state index in [1.54, 1.807) is 13.0 Å². The van der Waals surface area contributed by atoms with Crippen LogP contribution in [0.2, 0.25) is 0 Å². The zero-order valence-corrected chi connectivity index (χ0v) is 7.17. The Labute approximate surface area is 75.3 Å². The van der Waals surface area contributed by atoms with E-state index in [4.69, 9.17) is 5.11 Å². The summed E-state index contributed by atoms with van der Waals surface area (Å²) >= 11 is 0. The summed E-state index contributed by atoms with van der Waals surface area (Å²) in [5.41, 5.74) is 0.443. The van der Waals surface area contributed by atoms with Crippen LogP contribution in [0.5, 0.6) is 0 Å². The van der Waals surface area contributed by atoms with E-state index in [9.17, 15) is 9.18 Å². The molecule has 0 spiro atoms. The summed E-state index contributed by atoms with van der Waals surface area (Å²) in [6.07, 6.45) is 0. The summed E-state index contributed by atoms with van der Waals surface area (Å²) in [7, 11) is 0. The van der Waals surface area contributed by atoms with Crippen molar-refractivity contribution >= 4 is 11.5 Å². The molecule has 0 unspecified atom stereocenters. The Morgan fingerprint density at radius 3 is 2.62 bits per heavy atom. The van der Waals surface area contributed by atoms with Gasteiger partial charge in [-0.25, -0.2) is 9.18 Å². The molecule has 0 aliphatic carbocycles. The van der Waals surface area contributed by atoms with Crippen LogP contribution in [-0.2, 0) is 4.79 Å². The largest absolute Gasteiger partial charge is 0.478 e. The zero-order chi connectivity index (χ0) is 10.0. The Hall–Kier alpha value is -1.64. The van der Waals surface area contributed by atoms with Gasteiger partial charge in [0.25, 0.3) is 0 Å². The van der Waals surface area contributed by atoms with Crippen LogP contribution in [0.15, 0.2) is 24.8 Å². The van der Waals surface area contributed by atoms with Crippen molar-refractivity contribution in [1.82, 2.24) is 0 Å². The molecule has 0 atom stereocenters. The van der Waals surface area contributed by atoms with Crippen molar-refractivity contribution in [1.29, 1.82) is 0 Å². The normalized spacial score (nSPS) is 9.69. The molecule has 68 valence electrons. The molecule has 0 aliphatic heterocycles. The predicted octanol–water partition coefficient (Wildman–Crippen LogP) is 2.23. The average Bonchev–Trinajstić information content (AvgIpc) is 2.03. The van der Waals surface area contributed by atoms with Crippen LogP contribution >= 0.6 is 0 Å². The Bertz CT molecular complexity index is 349. The molecule has 3 heteroatoms. The molecule has 0 amide bonds. The van der Waals surface area contributed by atoms with Gasteiger partial charge >= 0.3 is 5.97 Å². The van der Waals surface area contributed by atoms with Gasteiger partial charge in [-0.05, 0) is 18.6 Å². The Kier molecular flexibility index (Phi) is 2.46. The second-order valence-electron chi connectivity index (χ2n) is 2.72. The van der Waals surface area contributed by atoms with Crippen molar-refractivity contribution in [2.24, 2.45) is 0 Å². The number of benzene rings is 1. The fourth-order valence-electron chi connectivity index (χ4n) is 1.12. The third-order valence-corrected chi connectivity index (χ3v) is 1.78. The highest BCUT2D eigenvalue weighted by molar-refractivity contribution is 6.14. The van der Waals surface area contributed by atoms with Crippen molar-refractivity contribution in [2.45, 2.75) is 6.92 Å². The first-order valence-electron chi connectivity index (χ1n) is 3.71. The molecule has 0 radical (unpaired) electrons. The Balaban J connectivity index is 3.28. The average molecular weight is 180 g/mol. The smallest absolute Gasteiger partial charge is 0.335 e. The first kappa shape index (κ1) is 9.45. The predicted molar refractivity (Wildman–Crippen MR) is 47.8 cm³/mol. The highest BCUT2D eigenvalue weighted by atomic mass is 19.1. The van der Waals surface area contributed by atoms with Crippen molar-refractivity contribution in [2.75, 3.05) is 0 Å². The lowest BCUT2D eigenvalue weighted by atomic mass is 10.0. The molecule has 13 heavy (non-hydrogen) atoms. The van der Waals surface area contributed by atoms with Crippen LogP contribution in [0.3, 0.4) is 0 Å². The molecule has 0 saturated heterocycles. The molecule has 1 aromatic rings. The van der Waals surface area contributed by atoms with Gasteiger partial charge in [0, 0.05) is 5.56 Å². The second-order valence-corrected chi connectivity index (χ2v) is 2.72. The van der Waals surface area contributed by atoms with E-state index in [2.05, 4.69) is 6.58 Å². The van der Waals surface area contributed by atoms with Gasteiger partial charge in [-0.15, -0.1) is 0 Å².